The van der Waals surface area contributed by atoms with Crippen molar-refractivity contribution in [1.82, 2.24) is 10.6 Å². The number of anilines is 1. The van der Waals surface area contributed by atoms with Crippen molar-refractivity contribution in [3.63, 3.8) is 0 Å². The molecule has 0 saturated carbocycles. The lowest BCUT2D eigenvalue weighted by Gasteiger charge is -2.20. The topological polar surface area (TPSA) is 160 Å². The number of guanidine groups is 1. The fraction of sp³-hybridized carbons (Fsp3) is 0.333. The van der Waals surface area contributed by atoms with Gasteiger partial charge in [-0.3, -0.25) is 19.4 Å². The summed E-state index contributed by atoms with van der Waals surface area (Å²) in [6.07, 6.45) is -0.923. The molecule has 1 aliphatic rings. The summed E-state index contributed by atoms with van der Waals surface area (Å²) in [7, 11) is 0. The highest BCUT2D eigenvalue weighted by Gasteiger charge is 2.21. The molecule has 1 unspecified atom stereocenters. The van der Waals surface area contributed by atoms with E-state index in [9.17, 15) is 29.7 Å². The number of aromatic hydroxyl groups is 1. The number of Topliss-reactive ketones (excluding diaryl/α,β-unsaturated/α-hetero) is 1. The van der Waals surface area contributed by atoms with E-state index < -0.39 is 23.9 Å². The van der Waals surface area contributed by atoms with Crippen molar-refractivity contribution in [2.24, 2.45) is 4.99 Å². The zero-order chi connectivity index (χ0) is 25.5. The number of carbonyl (C=O) groups is 3. The maximum Gasteiger partial charge on any atom is 0.303 e. The summed E-state index contributed by atoms with van der Waals surface area (Å²) in [5.74, 6) is -2.34. The second-order valence-electron chi connectivity index (χ2n) is 8.40. The van der Waals surface area contributed by atoms with Gasteiger partial charge >= 0.3 is 5.97 Å². The molecule has 0 radical (unpaired) electrons. The SMILES string of the molecule is Cc1cc(Cl)cc([C@H](CC(=O)O)CC(=O)CNC(=O)c2cc(O)cc(NC3=NCC(O)CN3)c2)c1. The molecule has 1 heterocycles. The predicted molar refractivity (Wildman–Crippen MR) is 131 cm³/mol. The number of hydrogen-bond donors (Lipinski definition) is 6. The van der Waals surface area contributed by atoms with E-state index in [0.717, 1.165) is 5.56 Å². The van der Waals surface area contributed by atoms with Crippen LogP contribution in [-0.2, 0) is 9.59 Å². The van der Waals surface area contributed by atoms with E-state index >= 15 is 0 Å². The van der Waals surface area contributed by atoms with Crippen LogP contribution in [0.2, 0.25) is 5.02 Å². The fourth-order valence-electron chi connectivity index (χ4n) is 3.71. The quantitative estimate of drug-likeness (QED) is 0.303. The van der Waals surface area contributed by atoms with Crippen LogP contribution in [0.15, 0.2) is 41.4 Å². The molecule has 10 nitrogen and oxygen atoms in total. The van der Waals surface area contributed by atoms with Crippen molar-refractivity contribution in [3.05, 3.63) is 58.1 Å². The summed E-state index contributed by atoms with van der Waals surface area (Å²) in [6.45, 7) is 2.06. The Balaban J connectivity index is 1.63. The number of carboxylic acids is 1. The molecule has 11 heteroatoms. The number of nitrogens with one attached hydrogen (secondary N) is 3. The smallest absolute Gasteiger partial charge is 0.303 e. The molecule has 35 heavy (non-hydrogen) atoms. The monoisotopic (exact) mass is 502 g/mol. The first-order chi connectivity index (χ1) is 16.6. The van der Waals surface area contributed by atoms with Crippen LogP contribution < -0.4 is 16.0 Å². The van der Waals surface area contributed by atoms with Crippen LogP contribution >= 0.6 is 11.6 Å². The van der Waals surface area contributed by atoms with Crippen LogP contribution in [-0.4, -0.2) is 64.7 Å². The predicted octanol–water partition coefficient (Wildman–Crippen LogP) is 2.03. The van der Waals surface area contributed by atoms with Gasteiger partial charge in [-0.25, -0.2) is 0 Å². The Morgan fingerprint density at radius 3 is 2.60 bits per heavy atom. The molecule has 2 aromatic carbocycles. The van der Waals surface area contributed by atoms with E-state index in [1.807, 2.05) is 6.92 Å². The number of ketones is 1. The third-order valence-corrected chi connectivity index (χ3v) is 5.50. The van der Waals surface area contributed by atoms with Crippen LogP contribution in [0.25, 0.3) is 0 Å². The van der Waals surface area contributed by atoms with Gasteiger partial charge in [-0.1, -0.05) is 17.7 Å². The number of carboxylic acid groups (broad SMARTS) is 1. The van der Waals surface area contributed by atoms with Crippen molar-refractivity contribution in [1.29, 1.82) is 0 Å². The molecule has 0 fully saturated rings. The standard InChI is InChI=1S/C24H27ClN4O6/c1-13-2-14(4-17(25)3-13)15(8-22(33)34)6-20(31)10-26-23(35)16-5-18(9-19(30)7-16)29-24-27-11-21(32)12-28-24/h2-5,7,9,15,21,30,32H,6,8,10-12H2,1H3,(H,26,35)(H,33,34)(H2,27,28,29)/t15-/m0/s1. The van der Waals surface area contributed by atoms with E-state index in [1.54, 1.807) is 18.2 Å². The van der Waals surface area contributed by atoms with Crippen LogP contribution in [0.1, 0.15) is 40.2 Å². The highest BCUT2D eigenvalue weighted by molar-refractivity contribution is 6.30. The molecular weight excluding hydrogens is 476 g/mol. The highest BCUT2D eigenvalue weighted by Crippen LogP contribution is 2.28. The molecule has 0 spiro atoms. The second-order valence-corrected chi connectivity index (χ2v) is 8.84. The van der Waals surface area contributed by atoms with Gasteiger partial charge in [-0.05, 0) is 42.3 Å². The van der Waals surface area contributed by atoms with Gasteiger partial charge in [0.05, 0.1) is 25.6 Å². The average molecular weight is 503 g/mol. The summed E-state index contributed by atoms with van der Waals surface area (Å²) in [6, 6.07) is 9.31. The molecule has 3 rings (SSSR count). The van der Waals surface area contributed by atoms with Gasteiger partial charge < -0.3 is 31.3 Å². The number of phenolic OH excluding ortho intramolecular Hbond substituents is 1. The van der Waals surface area contributed by atoms with Gasteiger partial charge in [0.1, 0.15) is 5.75 Å². The van der Waals surface area contributed by atoms with E-state index in [1.165, 1.54) is 18.2 Å². The Bertz CT molecular complexity index is 1130. The molecule has 1 aliphatic heterocycles. The number of carbonyl (C=O) groups excluding carboxylic acids is 2. The summed E-state index contributed by atoms with van der Waals surface area (Å²) in [4.78, 5) is 40.7. The number of amides is 1. The number of aliphatic hydroxyl groups is 1. The number of β-amino-alcohol motifs (C(OH)–C–C–N with tert-alkyl or cyclic N) is 1. The average Bonchev–Trinajstić information content (AvgIpc) is 2.77. The molecular formula is C24H27ClN4O6. The van der Waals surface area contributed by atoms with E-state index in [4.69, 9.17) is 11.6 Å². The van der Waals surface area contributed by atoms with Gasteiger partial charge in [0.2, 0.25) is 0 Å². The van der Waals surface area contributed by atoms with Crippen molar-refractivity contribution in [2.45, 2.75) is 31.8 Å². The third-order valence-electron chi connectivity index (χ3n) is 5.29. The molecule has 2 atom stereocenters. The Morgan fingerprint density at radius 2 is 1.94 bits per heavy atom. The minimum atomic E-state index is -1.05. The molecule has 1 amide bonds. The number of hydrogen-bond acceptors (Lipinski definition) is 8. The van der Waals surface area contributed by atoms with Crippen LogP contribution in [0.4, 0.5) is 5.69 Å². The number of aryl methyl sites for hydroxylation is 1. The number of aliphatic carboxylic acids is 1. The molecule has 6 N–H and O–H groups in total. The Labute approximate surface area is 207 Å². The summed E-state index contributed by atoms with van der Waals surface area (Å²) in [5, 5.41) is 37.6. The third kappa shape index (κ3) is 7.97. The number of aliphatic hydroxyl groups excluding tert-OH is 1. The summed E-state index contributed by atoms with van der Waals surface area (Å²) in [5.41, 5.74) is 2.00. The minimum Gasteiger partial charge on any atom is -0.508 e. The molecule has 0 bridgehead atoms. The maximum atomic E-state index is 12.6. The van der Waals surface area contributed by atoms with Gasteiger partial charge in [-0.2, -0.15) is 0 Å². The fourth-order valence-corrected chi connectivity index (χ4v) is 4.01. The van der Waals surface area contributed by atoms with Crippen molar-refractivity contribution in [2.75, 3.05) is 25.0 Å². The number of nitrogens with zero attached hydrogens (tertiary/aromatic N) is 1. The van der Waals surface area contributed by atoms with Crippen molar-refractivity contribution >= 4 is 40.9 Å². The van der Waals surface area contributed by atoms with Crippen molar-refractivity contribution in [3.8, 4) is 5.75 Å². The molecule has 186 valence electrons. The number of benzene rings is 2. The lowest BCUT2D eigenvalue weighted by atomic mass is 9.90. The lowest BCUT2D eigenvalue weighted by molar-refractivity contribution is -0.137. The van der Waals surface area contributed by atoms with Crippen molar-refractivity contribution < 1.29 is 29.7 Å². The Kier molecular flexibility index (Phi) is 8.67. The first kappa shape index (κ1) is 26.0. The molecule has 0 aromatic heterocycles. The van der Waals surface area contributed by atoms with Crippen LogP contribution in [0.3, 0.4) is 0 Å². The normalized spacial score (nSPS) is 16.0. The lowest BCUT2D eigenvalue weighted by Crippen LogP contribution is -2.42. The second kappa shape index (κ2) is 11.7. The summed E-state index contributed by atoms with van der Waals surface area (Å²) >= 11 is 6.09. The molecule has 2 aromatic rings. The van der Waals surface area contributed by atoms with Gasteiger partial charge in [0, 0.05) is 41.2 Å². The number of aliphatic imine (C=N–C) groups is 1. The zero-order valence-corrected chi connectivity index (χ0v) is 19.8. The minimum absolute atomic E-state index is 0.0868. The van der Waals surface area contributed by atoms with Gasteiger partial charge in [0.15, 0.2) is 11.7 Å². The number of rotatable bonds is 9. The number of phenols is 1. The zero-order valence-electron chi connectivity index (χ0n) is 19.0. The van der Waals surface area contributed by atoms with Crippen LogP contribution in [0, 0.1) is 6.92 Å². The Hall–Kier alpha value is -3.63. The molecule has 0 saturated heterocycles. The van der Waals surface area contributed by atoms with E-state index in [0.29, 0.717) is 28.8 Å². The number of halogens is 1. The molecule has 0 aliphatic carbocycles. The van der Waals surface area contributed by atoms with Gasteiger partial charge in [0.25, 0.3) is 5.91 Å². The van der Waals surface area contributed by atoms with E-state index in [2.05, 4.69) is 20.9 Å². The highest BCUT2D eigenvalue weighted by atomic mass is 35.5. The first-order valence-corrected chi connectivity index (χ1v) is 11.3. The van der Waals surface area contributed by atoms with E-state index in [-0.39, 0.29) is 43.0 Å². The first-order valence-electron chi connectivity index (χ1n) is 11.0. The van der Waals surface area contributed by atoms with Gasteiger partial charge in [-0.15, -0.1) is 0 Å². The summed E-state index contributed by atoms with van der Waals surface area (Å²) < 4.78 is 0. The maximum absolute atomic E-state index is 12.6. The van der Waals surface area contributed by atoms with Crippen LogP contribution in [0.5, 0.6) is 5.75 Å². The largest absolute Gasteiger partial charge is 0.508 e. The Morgan fingerprint density at radius 1 is 1.17 bits per heavy atom.